The number of carbonyl (C=O) groups is 2. The summed E-state index contributed by atoms with van der Waals surface area (Å²) in [5, 5.41) is 5.05. The van der Waals surface area contributed by atoms with Crippen LogP contribution in [0.1, 0.15) is 66.4 Å². The summed E-state index contributed by atoms with van der Waals surface area (Å²) in [5.41, 5.74) is 0.993. The molecule has 3 rings (SSSR count). The molecule has 0 saturated heterocycles. The zero-order valence-electron chi connectivity index (χ0n) is 26.5. The molecule has 1 N–H and O–H groups in total. The summed E-state index contributed by atoms with van der Waals surface area (Å²) < 4.78 is 18.0. The lowest BCUT2D eigenvalue weighted by atomic mass is 10.0. The van der Waals surface area contributed by atoms with E-state index in [0.717, 1.165) is 17.6 Å². The molecule has 3 aromatic rings. The van der Waals surface area contributed by atoms with Crippen LogP contribution in [0.5, 0.6) is 0 Å². The van der Waals surface area contributed by atoms with Crippen LogP contribution in [0.3, 0.4) is 0 Å². The summed E-state index contributed by atoms with van der Waals surface area (Å²) in [4.78, 5) is 25.7. The minimum absolute atomic E-state index is 0.113. The Morgan fingerprint density at radius 1 is 0.814 bits per heavy atom. The molecule has 0 spiro atoms. The fourth-order valence-corrected chi connectivity index (χ4v) is 9.78. The van der Waals surface area contributed by atoms with Gasteiger partial charge in [-0.2, -0.15) is 0 Å². The second-order valence-electron chi connectivity index (χ2n) is 12.9. The zero-order chi connectivity index (χ0) is 31.5. The van der Waals surface area contributed by atoms with Crippen molar-refractivity contribution in [3.63, 3.8) is 0 Å². The lowest BCUT2D eigenvalue weighted by molar-refractivity contribution is -0.147. The van der Waals surface area contributed by atoms with Crippen molar-refractivity contribution in [1.82, 2.24) is 5.32 Å². The molecular weight excluding hydrogens is 554 g/mol. The number of benzene rings is 3. The summed E-state index contributed by atoms with van der Waals surface area (Å²) >= 11 is 0. The maximum absolute atomic E-state index is 13.1. The van der Waals surface area contributed by atoms with Crippen LogP contribution in [0.15, 0.2) is 103 Å². The van der Waals surface area contributed by atoms with Crippen molar-refractivity contribution in [3.05, 3.63) is 109 Å². The predicted molar refractivity (Wildman–Crippen MR) is 176 cm³/mol. The van der Waals surface area contributed by atoms with Gasteiger partial charge in [-0.15, -0.1) is 0 Å². The van der Waals surface area contributed by atoms with Gasteiger partial charge in [-0.05, 0) is 61.0 Å². The van der Waals surface area contributed by atoms with Gasteiger partial charge in [-0.3, -0.25) is 0 Å². The van der Waals surface area contributed by atoms with Crippen LogP contribution in [0.2, 0.25) is 5.04 Å². The molecule has 3 aromatic carbocycles. The van der Waals surface area contributed by atoms with Crippen LogP contribution < -0.4 is 15.7 Å². The predicted octanol–water partition coefficient (Wildman–Crippen LogP) is 6.93. The number of hydrogen-bond donors (Lipinski definition) is 1. The average Bonchev–Trinajstić information content (AvgIpc) is 2.95. The van der Waals surface area contributed by atoms with E-state index >= 15 is 0 Å². The first kappa shape index (κ1) is 33.8. The quantitative estimate of drug-likeness (QED) is 0.0996. The Balaban J connectivity index is 1.68. The molecule has 6 nitrogen and oxygen atoms in total. The van der Waals surface area contributed by atoms with Gasteiger partial charge in [0.2, 0.25) is 0 Å². The molecule has 0 saturated carbocycles. The van der Waals surface area contributed by atoms with Gasteiger partial charge in [0.15, 0.2) is 0 Å². The first-order chi connectivity index (χ1) is 20.3. The zero-order valence-corrected chi connectivity index (χ0v) is 27.5. The molecule has 0 radical (unpaired) electrons. The van der Waals surface area contributed by atoms with Crippen LogP contribution >= 0.6 is 0 Å². The van der Waals surface area contributed by atoms with Crippen molar-refractivity contribution in [2.24, 2.45) is 0 Å². The number of esters is 1. The van der Waals surface area contributed by atoms with Gasteiger partial charge in [0, 0.05) is 6.61 Å². The van der Waals surface area contributed by atoms with E-state index in [9.17, 15) is 9.59 Å². The van der Waals surface area contributed by atoms with Gasteiger partial charge in [-0.25, -0.2) is 9.59 Å². The number of hydrogen-bond acceptors (Lipinski definition) is 5. The summed E-state index contributed by atoms with van der Waals surface area (Å²) in [6.07, 6.45) is 0.932. The maximum Gasteiger partial charge on any atom is 0.408 e. The van der Waals surface area contributed by atoms with Gasteiger partial charge < -0.3 is 19.2 Å². The van der Waals surface area contributed by atoms with E-state index in [1.807, 2.05) is 42.5 Å². The molecule has 0 aliphatic heterocycles. The Hall–Kier alpha value is -3.68. The van der Waals surface area contributed by atoms with Crippen molar-refractivity contribution in [1.29, 1.82) is 0 Å². The standard InChI is InChI=1S/C36H47NO5Si/c1-28(26-32(37-34(39)42-35(2,3)4)33(38)40-27-29-19-11-8-12-20-29)18-17-25-41-43(36(5,6)7,30-21-13-9-14-22-30)31-23-15-10-16-24-31/h8-16,19-24,32H,1,17-18,25-27H2,2-7H3,(H,37,39)/t32-/m0/s1. The molecule has 0 aliphatic rings. The van der Waals surface area contributed by atoms with E-state index < -0.39 is 32.0 Å². The van der Waals surface area contributed by atoms with Gasteiger partial charge in [-0.1, -0.05) is 124 Å². The number of amides is 1. The Labute approximate surface area is 258 Å². The highest BCUT2D eigenvalue weighted by Gasteiger charge is 2.49. The highest BCUT2D eigenvalue weighted by atomic mass is 28.4. The number of alkyl carbamates (subject to hydrolysis) is 1. The van der Waals surface area contributed by atoms with E-state index in [1.165, 1.54) is 10.4 Å². The van der Waals surface area contributed by atoms with Gasteiger partial charge in [0.1, 0.15) is 18.2 Å². The van der Waals surface area contributed by atoms with Crippen LogP contribution in [0.4, 0.5) is 4.79 Å². The van der Waals surface area contributed by atoms with Crippen molar-refractivity contribution >= 4 is 30.8 Å². The fourth-order valence-electron chi connectivity index (χ4n) is 5.17. The highest BCUT2D eigenvalue weighted by Crippen LogP contribution is 2.37. The SMILES string of the molecule is C=C(CCCO[Si](c1ccccc1)(c1ccccc1)C(C)(C)C)C[C@H](NC(=O)OC(C)(C)C)C(=O)OCc1ccccc1. The van der Waals surface area contributed by atoms with Gasteiger partial charge in [0.25, 0.3) is 8.32 Å². The topological polar surface area (TPSA) is 73.9 Å². The number of nitrogens with one attached hydrogen (secondary N) is 1. The molecule has 0 unspecified atom stereocenters. The third-order valence-corrected chi connectivity index (χ3v) is 12.1. The first-order valence-electron chi connectivity index (χ1n) is 14.9. The van der Waals surface area contributed by atoms with Crippen molar-refractivity contribution in [2.45, 2.75) is 84.1 Å². The highest BCUT2D eigenvalue weighted by molar-refractivity contribution is 6.99. The molecule has 0 bridgehead atoms. The Bertz CT molecular complexity index is 1280. The van der Waals surface area contributed by atoms with Gasteiger partial charge in [0.05, 0.1) is 0 Å². The lowest BCUT2D eigenvalue weighted by Gasteiger charge is -2.43. The van der Waals surface area contributed by atoms with E-state index in [2.05, 4.69) is 81.2 Å². The fraction of sp³-hybridized carbons (Fsp3) is 0.389. The van der Waals surface area contributed by atoms with Crippen LogP contribution in [-0.2, 0) is 25.3 Å². The van der Waals surface area contributed by atoms with Crippen LogP contribution in [0.25, 0.3) is 0 Å². The number of ether oxygens (including phenoxy) is 2. The van der Waals surface area contributed by atoms with Crippen molar-refractivity contribution in [3.8, 4) is 0 Å². The molecule has 0 aromatic heterocycles. The lowest BCUT2D eigenvalue weighted by Crippen LogP contribution is -2.66. The van der Waals surface area contributed by atoms with Crippen LogP contribution in [0, 0.1) is 0 Å². The van der Waals surface area contributed by atoms with E-state index in [0.29, 0.717) is 13.0 Å². The van der Waals surface area contributed by atoms with E-state index in [1.54, 1.807) is 20.8 Å². The summed E-state index contributed by atoms with van der Waals surface area (Å²) in [7, 11) is -2.64. The summed E-state index contributed by atoms with van der Waals surface area (Å²) in [6, 6.07) is 29.6. The molecule has 1 atom stereocenters. The van der Waals surface area contributed by atoms with E-state index in [4.69, 9.17) is 13.9 Å². The monoisotopic (exact) mass is 601 g/mol. The molecule has 0 heterocycles. The molecule has 43 heavy (non-hydrogen) atoms. The minimum atomic E-state index is -2.64. The minimum Gasteiger partial charge on any atom is -0.459 e. The largest absolute Gasteiger partial charge is 0.459 e. The normalized spacial score (nSPS) is 12.7. The van der Waals surface area contributed by atoms with E-state index in [-0.39, 0.29) is 18.1 Å². The summed E-state index contributed by atoms with van der Waals surface area (Å²) in [6.45, 7) is 17.0. The second-order valence-corrected chi connectivity index (χ2v) is 17.2. The smallest absolute Gasteiger partial charge is 0.408 e. The molecule has 7 heteroatoms. The molecule has 1 amide bonds. The first-order valence-corrected chi connectivity index (χ1v) is 16.8. The van der Waals surface area contributed by atoms with Gasteiger partial charge >= 0.3 is 12.1 Å². The number of carbonyl (C=O) groups excluding carboxylic acids is 2. The Morgan fingerprint density at radius 2 is 1.33 bits per heavy atom. The molecule has 0 fully saturated rings. The Morgan fingerprint density at radius 3 is 1.81 bits per heavy atom. The van der Waals surface area contributed by atoms with Crippen LogP contribution in [-0.4, -0.2) is 38.6 Å². The third kappa shape index (κ3) is 9.94. The van der Waals surface area contributed by atoms with Crippen molar-refractivity contribution < 1.29 is 23.5 Å². The molecular formula is C36H47NO5Si. The molecule has 0 aliphatic carbocycles. The average molecular weight is 602 g/mol. The van der Waals surface area contributed by atoms with Crippen molar-refractivity contribution in [2.75, 3.05) is 6.61 Å². The molecule has 230 valence electrons. The summed E-state index contributed by atoms with van der Waals surface area (Å²) in [5.74, 6) is -0.528. The Kier molecular flexibility index (Phi) is 11.9. The third-order valence-electron chi connectivity index (χ3n) is 7.10. The number of rotatable bonds is 13. The maximum atomic E-state index is 13.1. The second kappa shape index (κ2) is 15.2.